The van der Waals surface area contributed by atoms with Gasteiger partial charge in [0.2, 0.25) is 0 Å². The molecule has 0 radical (unpaired) electrons. The number of carboxylic acids is 1. The molecule has 2 rings (SSSR count). The molecular formula is C11H13N3O2S2. The first-order valence-corrected chi connectivity index (χ1v) is 7.20. The molecule has 0 unspecified atom stereocenters. The van der Waals surface area contributed by atoms with Crippen LogP contribution in [0.3, 0.4) is 0 Å². The van der Waals surface area contributed by atoms with Crippen LogP contribution in [-0.4, -0.2) is 21.0 Å². The van der Waals surface area contributed by atoms with E-state index in [9.17, 15) is 4.79 Å². The Hall–Kier alpha value is -1.47. The van der Waals surface area contributed by atoms with Crippen molar-refractivity contribution in [3.8, 4) is 0 Å². The minimum Gasteiger partial charge on any atom is -0.481 e. The largest absolute Gasteiger partial charge is 0.481 e. The molecule has 0 aliphatic heterocycles. The molecule has 2 N–H and O–H groups in total. The van der Waals surface area contributed by atoms with Crippen molar-refractivity contribution in [2.24, 2.45) is 0 Å². The number of hydrogen-bond donors (Lipinski definition) is 2. The third-order valence-corrected chi connectivity index (χ3v) is 3.91. The van der Waals surface area contributed by atoms with Gasteiger partial charge >= 0.3 is 5.97 Å². The zero-order valence-corrected chi connectivity index (χ0v) is 11.5. The molecule has 0 saturated heterocycles. The lowest BCUT2D eigenvalue weighted by Gasteiger charge is -1.98. The number of anilines is 1. The van der Waals surface area contributed by atoms with Crippen molar-refractivity contribution in [3.05, 3.63) is 27.2 Å². The number of thiazole rings is 2. The van der Waals surface area contributed by atoms with Crippen molar-refractivity contribution in [1.82, 2.24) is 9.97 Å². The first-order chi connectivity index (χ1) is 8.63. The fourth-order valence-electron chi connectivity index (χ4n) is 1.39. The molecule has 0 saturated carbocycles. The van der Waals surface area contributed by atoms with Crippen molar-refractivity contribution in [2.75, 3.05) is 5.32 Å². The van der Waals surface area contributed by atoms with Gasteiger partial charge in [0.05, 0.1) is 29.4 Å². The fraction of sp³-hybridized carbons (Fsp3) is 0.364. The Morgan fingerprint density at radius 3 is 2.78 bits per heavy atom. The van der Waals surface area contributed by atoms with Crippen molar-refractivity contribution < 1.29 is 9.90 Å². The molecule has 18 heavy (non-hydrogen) atoms. The molecule has 5 nitrogen and oxygen atoms in total. The Bertz CT molecular complexity index is 536. The summed E-state index contributed by atoms with van der Waals surface area (Å²) in [7, 11) is 0. The number of carbonyl (C=O) groups is 1. The molecule has 0 aromatic carbocycles. The second-order valence-electron chi connectivity index (χ2n) is 3.75. The first-order valence-electron chi connectivity index (χ1n) is 5.44. The lowest BCUT2D eigenvalue weighted by atomic mass is 10.2. The minimum absolute atomic E-state index is 0.119. The van der Waals surface area contributed by atoms with Gasteiger partial charge in [0, 0.05) is 17.2 Å². The van der Waals surface area contributed by atoms with Gasteiger partial charge in [0.1, 0.15) is 0 Å². The summed E-state index contributed by atoms with van der Waals surface area (Å²) >= 11 is 3.11. The van der Waals surface area contributed by atoms with E-state index in [1.807, 2.05) is 17.7 Å². The molecule has 7 heteroatoms. The number of aryl methyl sites for hydroxylation is 2. The third kappa shape index (κ3) is 3.78. The van der Waals surface area contributed by atoms with Crippen molar-refractivity contribution in [3.63, 3.8) is 0 Å². The monoisotopic (exact) mass is 283 g/mol. The van der Waals surface area contributed by atoms with E-state index in [2.05, 4.69) is 15.3 Å². The smallest absolute Gasteiger partial charge is 0.303 e. The standard InChI is InChI=1S/C11H13N3O2S2/c1-7-13-9(6-17-7)4-12-11-14-8(5-18-11)2-3-10(15)16/h5-6H,2-4H2,1H3,(H,12,14)(H,15,16). The highest BCUT2D eigenvalue weighted by molar-refractivity contribution is 7.13. The molecule has 2 aromatic rings. The summed E-state index contributed by atoms with van der Waals surface area (Å²) in [4.78, 5) is 19.1. The maximum atomic E-state index is 10.4. The van der Waals surface area contributed by atoms with Gasteiger partial charge in [-0.2, -0.15) is 0 Å². The van der Waals surface area contributed by atoms with Gasteiger partial charge < -0.3 is 10.4 Å². The maximum Gasteiger partial charge on any atom is 0.303 e. The zero-order valence-electron chi connectivity index (χ0n) is 9.84. The first kappa shape index (κ1) is 13.0. The van der Waals surface area contributed by atoms with E-state index in [1.165, 1.54) is 11.3 Å². The average molecular weight is 283 g/mol. The van der Waals surface area contributed by atoms with Crippen LogP contribution >= 0.6 is 22.7 Å². The molecule has 2 heterocycles. The second kappa shape index (κ2) is 5.92. The van der Waals surface area contributed by atoms with Crippen LogP contribution in [0.15, 0.2) is 10.8 Å². The van der Waals surface area contributed by atoms with Crippen LogP contribution in [0.25, 0.3) is 0 Å². The summed E-state index contributed by atoms with van der Waals surface area (Å²) in [5.41, 5.74) is 1.82. The SMILES string of the molecule is Cc1nc(CNc2nc(CCC(=O)O)cs2)cs1. The second-order valence-corrected chi connectivity index (χ2v) is 5.67. The number of aromatic nitrogens is 2. The van der Waals surface area contributed by atoms with Crippen LogP contribution in [0.1, 0.15) is 22.8 Å². The van der Waals surface area contributed by atoms with Gasteiger partial charge in [-0.1, -0.05) is 0 Å². The van der Waals surface area contributed by atoms with Gasteiger partial charge in [-0.25, -0.2) is 9.97 Å². The Labute approximate surface area is 113 Å². The predicted molar refractivity (Wildman–Crippen MR) is 72.2 cm³/mol. The van der Waals surface area contributed by atoms with Gasteiger partial charge in [0.15, 0.2) is 5.13 Å². The van der Waals surface area contributed by atoms with Gasteiger partial charge in [-0.15, -0.1) is 22.7 Å². The number of rotatable bonds is 6. The Morgan fingerprint density at radius 2 is 2.11 bits per heavy atom. The van der Waals surface area contributed by atoms with E-state index in [1.54, 1.807) is 11.3 Å². The van der Waals surface area contributed by atoms with E-state index >= 15 is 0 Å². The molecular weight excluding hydrogens is 270 g/mol. The molecule has 0 bridgehead atoms. The topological polar surface area (TPSA) is 75.1 Å². The van der Waals surface area contributed by atoms with Crippen LogP contribution < -0.4 is 5.32 Å². The van der Waals surface area contributed by atoms with E-state index in [-0.39, 0.29) is 6.42 Å². The summed E-state index contributed by atoms with van der Waals surface area (Å²) in [5, 5.41) is 17.5. The van der Waals surface area contributed by atoms with Crippen molar-refractivity contribution in [1.29, 1.82) is 0 Å². The summed E-state index contributed by atoms with van der Waals surface area (Å²) in [6.07, 6.45) is 0.595. The Balaban J connectivity index is 1.84. The lowest BCUT2D eigenvalue weighted by molar-refractivity contribution is -0.136. The van der Waals surface area contributed by atoms with Crippen LogP contribution in [0.5, 0.6) is 0 Å². The minimum atomic E-state index is -0.796. The Morgan fingerprint density at radius 1 is 1.33 bits per heavy atom. The summed E-state index contributed by atoms with van der Waals surface area (Å²) in [5.74, 6) is -0.796. The zero-order chi connectivity index (χ0) is 13.0. The summed E-state index contributed by atoms with van der Waals surface area (Å²) in [6.45, 7) is 2.62. The number of hydrogen-bond acceptors (Lipinski definition) is 6. The van der Waals surface area contributed by atoms with E-state index in [0.717, 1.165) is 21.5 Å². The quantitative estimate of drug-likeness (QED) is 0.852. The van der Waals surface area contributed by atoms with Crippen LogP contribution in [0.2, 0.25) is 0 Å². The molecule has 96 valence electrons. The summed E-state index contributed by atoms with van der Waals surface area (Å²) in [6, 6.07) is 0. The Kier molecular flexibility index (Phi) is 4.27. The molecule has 0 amide bonds. The van der Waals surface area contributed by atoms with E-state index in [0.29, 0.717) is 13.0 Å². The highest BCUT2D eigenvalue weighted by Gasteiger charge is 2.05. The number of carboxylic acid groups (broad SMARTS) is 1. The highest BCUT2D eigenvalue weighted by atomic mass is 32.1. The molecule has 0 aliphatic carbocycles. The number of aliphatic carboxylic acids is 1. The van der Waals surface area contributed by atoms with Gasteiger partial charge in [-0.05, 0) is 6.92 Å². The molecule has 0 aliphatic rings. The maximum absolute atomic E-state index is 10.4. The number of nitrogens with zero attached hydrogens (tertiary/aromatic N) is 2. The fourth-order valence-corrected chi connectivity index (χ4v) is 2.75. The normalized spacial score (nSPS) is 10.5. The molecule has 0 fully saturated rings. The van der Waals surface area contributed by atoms with Gasteiger partial charge in [-0.3, -0.25) is 4.79 Å². The van der Waals surface area contributed by atoms with Crippen LogP contribution in [0.4, 0.5) is 5.13 Å². The molecule has 0 atom stereocenters. The predicted octanol–water partition coefficient (Wildman–Crippen LogP) is 2.54. The molecule has 2 aromatic heterocycles. The third-order valence-electron chi connectivity index (χ3n) is 2.23. The highest BCUT2D eigenvalue weighted by Crippen LogP contribution is 2.18. The average Bonchev–Trinajstić information content (AvgIpc) is 2.93. The lowest BCUT2D eigenvalue weighted by Crippen LogP contribution is -2.00. The van der Waals surface area contributed by atoms with Gasteiger partial charge in [0.25, 0.3) is 0 Å². The van der Waals surface area contributed by atoms with Crippen LogP contribution in [0, 0.1) is 6.92 Å². The van der Waals surface area contributed by atoms with E-state index < -0.39 is 5.97 Å². The summed E-state index contributed by atoms with van der Waals surface area (Å²) < 4.78 is 0. The number of nitrogens with one attached hydrogen (secondary N) is 1. The van der Waals surface area contributed by atoms with Crippen molar-refractivity contribution >= 4 is 33.8 Å². The van der Waals surface area contributed by atoms with E-state index in [4.69, 9.17) is 5.11 Å². The van der Waals surface area contributed by atoms with Crippen molar-refractivity contribution in [2.45, 2.75) is 26.3 Å². The molecule has 0 spiro atoms. The van der Waals surface area contributed by atoms with Crippen LogP contribution in [-0.2, 0) is 17.8 Å².